The van der Waals surface area contributed by atoms with Gasteiger partial charge in [-0.25, -0.2) is 0 Å². The van der Waals surface area contributed by atoms with E-state index in [1.165, 1.54) is 0 Å². The first-order chi connectivity index (χ1) is 4.95. The van der Waals surface area contributed by atoms with Crippen LogP contribution in [0.5, 0.6) is 0 Å². The SMILES string of the molecule is CC(C)NC(=O)[C@H](C)N(C)C. The second-order valence-corrected chi connectivity index (χ2v) is 3.30. The highest BCUT2D eigenvalue weighted by atomic mass is 16.2. The van der Waals surface area contributed by atoms with Crippen molar-refractivity contribution in [1.82, 2.24) is 10.2 Å². The summed E-state index contributed by atoms with van der Waals surface area (Å²) in [5.41, 5.74) is 0. The smallest absolute Gasteiger partial charge is 0.237 e. The van der Waals surface area contributed by atoms with Crippen LogP contribution in [0.25, 0.3) is 0 Å². The van der Waals surface area contributed by atoms with Gasteiger partial charge in [-0.2, -0.15) is 0 Å². The predicted octanol–water partition coefficient (Wildman–Crippen LogP) is 0.461. The van der Waals surface area contributed by atoms with Gasteiger partial charge in [0.1, 0.15) is 0 Å². The van der Waals surface area contributed by atoms with Crippen LogP contribution in [0.2, 0.25) is 0 Å². The van der Waals surface area contributed by atoms with Gasteiger partial charge < -0.3 is 5.32 Å². The van der Waals surface area contributed by atoms with Crippen LogP contribution in [-0.2, 0) is 4.79 Å². The van der Waals surface area contributed by atoms with Gasteiger partial charge in [0, 0.05) is 6.04 Å². The number of rotatable bonds is 3. The normalized spacial score (nSPS) is 13.7. The first-order valence-corrected chi connectivity index (χ1v) is 3.92. The molecule has 0 aromatic rings. The summed E-state index contributed by atoms with van der Waals surface area (Å²) in [6, 6.07) is 0.183. The van der Waals surface area contributed by atoms with Gasteiger partial charge in [-0.05, 0) is 34.9 Å². The molecule has 0 aromatic heterocycles. The van der Waals surface area contributed by atoms with Crippen LogP contribution < -0.4 is 5.32 Å². The molecule has 0 unspecified atom stereocenters. The van der Waals surface area contributed by atoms with Gasteiger partial charge in [0.25, 0.3) is 0 Å². The highest BCUT2D eigenvalue weighted by molar-refractivity contribution is 5.81. The number of carbonyl (C=O) groups excluding carboxylic acids is 1. The minimum atomic E-state index is -0.0441. The summed E-state index contributed by atoms with van der Waals surface area (Å²) in [7, 11) is 3.79. The van der Waals surface area contributed by atoms with Crippen molar-refractivity contribution in [3.8, 4) is 0 Å². The van der Waals surface area contributed by atoms with Crippen molar-refractivity contribution in [1.29, 1.82) is 0 Å². The third kappa shape index (κ3) is 3.98. The molecule has 0 aliphatic heterocycles. The molecule has 1 N–H and O–H groups in total. The van der Waals surface area contributed by atoms with Crippen molar-refractivity contribution in [2.75, 3.05) is 14.1 Å². The molecule has 0 bridgehead atoms. The molecule has 11 heavy (non-hydrogen) atoms. The fourth-order valence-corrected chi connectivity index (χ4v) is 0.640. The molecule has 0 radical (unpaired) electrons. The van der Waals surface area contributed by atoms with Gasteiger partial charge in [-0.1, -0.05) is 0 Å². The van der Waals surface area contributed by atoms with Crippen LogP contribution >= 0.6 is 0 Å². The lowest BCUT2D eigenvalue weighted by molar-refractivity contribution is -0.125. The average Bonchev–Trinajstić information content (AvgIpc) is 1.84. The summed E-state index contributed by atoms with van der Waals surface area (Å²) in [6.07, 6.45) is 0. The number of likely N-dealkylation sites (N-methyl/N-ethyl adjacent to an activating group) is 1. The maximum atomic E-state index is 11.2. The summed E-state index contributed by atoms with van der Waals surface area (Å²) in [5, 5.41) is 2.84. The highest BCUT2D eigenvalue weighted by Crippen LogP contribution is 1.91. The largest absolute Gasteiger partial charge is 0.353 e. The second kappa shape index (κ2) is 4.34. The van der Waals surface area contributed by atoms with Gasteiger partial charge in [0.05, 0.1) is 6.04 Å². The lowest BCUT2D eigenvalue weighted by Crippen LogP contribution is -2.43. The first-order valence-electron chi connectivity index (χ1n) is 3.92. The van der Waals surface area contributed by atoms with Crippen molar-refractivity contribution in [2.24, 2.45) is 0 Å². The molecule has 0 aliphatic rings. The topological polar surface area (TPSA) is 32.3 Å². The minimum absolute atomic E-state index is 0.0441. The number of nitrogens with one attached hydrogen (secondary N) is 1. The maximum Gasteiger partial charge on any atom is 0.237 e. The van der Waals surface area contributed by atoms with E-state index in [2.05, 4.69) is 5.32 Å². The molecule has 0 fully saturated rings. The van der Waals surface area contributed by atoms with Gasteiger partial charge >= 0.3 is 0 Å². The van der Waals surface area contributed by atoms with Crippen molar-refractivity contribution < 1.29 is 4.79 Å². The van der Waals surface area contributed by atoms with Crippen LogP contribution in [-0.4, -0.2) is 37.0 Å². The monoisotopic (exact) mass is 158 g/mol. The molecule has 0 heterocycles. The summed E-state index contributed by atoms with van der Waals surface area (Å²) >= 11 is 0. The minimum Gasteiger partial charge on any atom is -0.353 e. The molecule has 0 saturated carbocycles. The Morgan fingerprint density at radius 1 is 1.27 bits per heavy atom. The molecule has 1 atom stereocenters. The van der Waals surface area contributed by atoms with Crippen molar-refractivity contribution in [2.45, 2.75) is 32.9 Å². The highest BCUT2D eigenvalue weighted by Gasteiger charge is 2.14. The van der Waals surface area contributed by atoms with Gasteiger partial charge in [-0.15, -0.1) is 0 Å². The first kappa shape index (κ1) is 10.4. The molecule has 3 heteroatoms. The molecule has 0 aliphatic carbocycles. The standard InChI is InChI=1S/C8H18N2O/c1-6(2)9-8(11)7(3)10(4)5/h6-7H,1-5H3,(H,9,11)/t7-/m0/s1. The van der Waals surface area contributed by atoms with Crippen LogP contribution in [0.3, 0.4) is 0 Å². The second-order valence-electron chi connectivity index (χ2n) is 3.30. The number of hydrogen-bond donors (Lipinski definition) is 1. The van der Waals surface area contributed by atoms with E-state index < -0.39 is 0 Å². The van der Waals surface area contributed by atoms with E-state index in [1.807, 2.05) is 39.8 Å². The summed E-state index contributed by atoms with van der Waals surface area (Å²) in [4.78, 5) is 13.1. The van der Waals surface area contributed by atoms with E-state index >= 15 is 0 Å². The predicted molar refractivity (Wildman–Crippen MR) is 46.4 cm³/mol. The van der Waals surface area contributed by atoms with Crippen LogP contribution in [0, 0.1) is 0 Å². The molecule has 0 saturated heterocycles. The number of hydrogen-bond acceptors (Lipinski definition) is 2. The third-order valence-electron chi connectivity index (χ3n) is 1.58. The molecule has 66 valence electrons. The molecule has 3 nitrogen and oxygen atoms in total. The van der Waals surface area contributed by atoms with E-state index in [0.29, 0.717) is 0 Å². The Morgan fingerprint density at radius 3 is 2.00 bits per heavy atom. The van der Waals surface area contributed by atoms with Gasteiger partial charge in [-0.3, -0.25) is 9.69 Å². The number of amides is 1. The fourth-order valence-electron chi connectivity index (χ4n) is 0.640. The van der Waals surface area contributed by atoms with E-state index in [9.17, 15) is 4.79 Å². The van der Waals surface area contributed by atoms with Crippen LogP contribution in [0.4, 0.5) is 0 Å². The lowest BCUT2D eigenvalue weighted by atomic mass is 10.2. The van der Waals surface area contributed by atoms with E-state index in [4.69, 9.17) is 0 Å². The molecule has 0 aromatic carbocycles. The summed E-state index contributed by atoms with van der Waals surface area (Å²) < 4.78 is 0. The average molecular weight is 158 g/mol. The van der Waals surface area contributed by atoms with Crippen molar-refractivity contribution in [3.05, 3.63) is 0 Å². The van der Waals surface area contributed by atoms with Crippen LogP contribution in [0.15, 0.2) is 0 Å². The zero-order valence-electron chi connectivity index (χ0n) is 8.01. The molecule has 0 rings (SSSR count). The summed E-state index contributed by atoms with van der Waals surface area (Å²) in [6.45, 7) is 5.80. The fraction of sp³-hybridized carbons (Fsp3) is 0.875. The zero-order chi connectivity index (χ0) is 9.02. The molecular formula is C8H18N2O. The molecule has 0 spiro atoms. The Balaban J connectivity index is 3.83. The van der Waals surface area contributed by atoms with Crippen molar-refractivity contribution in [3.63, 3.8) is 0 Å². The van der Waals surface area contributed by atoms with Gasteiger partial charge in [0.15, 0.2) is 0 Å². The number of carbonyl (C=O) groups is 1. The summed E-state index contributed by atoms with van der Waals surface area (Å²) in [5.74, 6) is 0.0880. The molecule has 1 amide bonds. The Hall–Kier alpha value is -0.570. The zero-order valence-corrected chi connectivity index (χ0v) is 8.01. The molecular weight excluding hydrogens is 140 g/mol. The Kier molecular flexibility index (Phi) is 4.11. The Morgan fingerprint density at radius 2 is 1.73 bits per heavy atom. The quantitative estimate of drug-likeness (QED) is 0.647. The third-order valence-corrected chi connectivity index (χ3v) is 1.58. The Labute approximate surface area is 68.8 Å². The van der Waals surface area contributed by atoms with Crippen LogP contribution in [0.1, 0.15) is 20.8 Å². The maximum absolute atomic E-state index is 11.2. The van der Waals surface area contributed by atoms with E-state index in [1.54, 1.807) is 0 Å². The van der Waals surface area contributed by atoms with E-state index in [-0.39, 0.29) is 18.0 Å². The lowest BCUT2D eigenvalue weighted by Gasteiger charge is -2.20. The Bertz CT molecular complexity index is 132. The van der Waals surface area contributed by atoms with E-state index in [0.717, 1.165) is 0 Å². The number of nitrogens with zero attached hydrogens (tertiary/aromatic N) is 1. The van der Waals surface area contributed by atoms with Crippen molar-refractivity contribution >= 4 is 5.91 Å². The van der Waals surface area contributed by atoms with Gasteiger partial charge in [0.2, 0.25) is 5.91 Å².